The van der Waals surface area contributed by atoms with E-state index in [1.807, 2.05) is 45.0 Å². The fourth-order valence-corrected chi connectivity index (χ4v) is 1.62. The number of hydrogen-bond donors (Lipinski definition) is 2. The standard InChI is InChI=1S/C15H18N4O/c1-10(2)13-8-14(18-17-13)15(20)19-16-9-12-6-4-11(3)5-7-12/h4-10H,1-3H3,(H,17,18)(H,19,20). The summed E-state index contributed by atoms with van der Waals surface area (Å²) >= 11 is 0. The van der Waals surface area contributed by atoms with Crippen LogP contribution < -0.4 is 5.43 Å². The van der Waals surface area contributed by atoms with Crippen molar-refractivity contribution in [2.75, 3.05) is 0 Å². The Labute approximate surface area is 118 Å². The van der Waals surface area contributed by atoms with Gasteiger partial charge in [0, 0.05) is 5.69 Å². The van der Waals surface area contributed by atoms with Gasteiger partial charge in [0.1, 0.15) is 0 Å². The number of aromatic amines is 1. The number of nitrogens with zero attached hydrogens (tertiary/aromatic N) is 2. The normalized spacial score (nSPS) is 11.2. The average Bonchev–Trinajstić information content (AvgIpc) is 2.91. The Morgan fingerprint density at radius 1 is 1.35 bits per heavy atom. The molecule has 0 aliphatic carbocycles. The molecule has 0 aliphatic rings. The van der Waals surface area contributed by atoms with Gasteiger partial charge in [-0.15, -0.1) is 0 Å². The Hall–Kier alpha value is -2.43. The molecule has 20 heavy (non-hydrogen) atoms. The summed E-state index contributed by atoms with van der Waals surface area (Å²) in [6, 6.07) is 9.60. The van der Waals surface area contributed by atoms with Crippen LogP contribution in [0.2, 0.25) is 0 Å². The molecule has 1 aromatic carbocycles. The van der Waals surface area contributed by atoms with Crippen LogP contribution in [0.5, 0.6) is 0 Å². The van der Waals surface area contributed by atoms with Crippen LogP contribution in [0.15, 0.2) is 35.4 Å². The van der Waals surface area contributed by atoms with Crippen LogP contribution >= 0.6 is 0 Å². The molecule has 0 spiro atoms. The van der Waals surface area contributed by atoms with Crippen LogP contribution in [0.4, 0.5) is 0 Å². The molecule has 0 saturated heterocycles. The molecule has 2 rings (SSSR count). The first-order valence-electron chi connectivity index (χ1n) is 6.51. The highest BCUT2D eigenvalue weighted by molar-refractivity contribution is 5.93. The summed E-state index contributed by atoms with van der Waals surface area (Å²) in [7, 11) is 0. The number of carbonyl (C=O) groups is 1. The van der Waals surface area contributed by atoms with E-state index in [9.17, 15) is 4.79 Å². The Kier molecular flexibility index (Phi) is 4.30. The highest BCUT2D eigenvalue weighted by Crippen LogP contribution is 2.11. The molecule has 0 saturated carbocycles. The molecule has 0 aliphatic heterocycles. The fourth-order valence-electron chi connectivity index (χ4n) is 1.62. The second-order valence-electron chi connectivity index (χ2n) is 4.97. The van der Waals surface area contributed by atoms with Gasteiger partial charge in [0.05, 0.1) is 6.21 Å². The number of aromatic nitrogens is 2. The van der Waals surface area contributed by atoms with Crippen molar-refractivity contribution >= 4 is 12.1 Å². The van der Waals surface area contributed by atoms with E-state index in [-0.39, 0.29) is 5.91 Å². The van der Waals surface area contributed by atoms with Crippen molar-refractivity contribution in [3.63, 3.8) is 0 Å². The molecular formula is C15H18N4O. The zero-order chi connectivity index (χ0) is 14.5. The number of aryl methyl sites for hydroxylation is 1. The van der Waals surface area contributed by atoms with Gasteiger partial charge >= 0.3 is 0 Å². The number of nitrogens with one attached hydrogen (secondary N) is 2. The first-order chi connectivity index (χ1) is 9.56. The largest absolute Gasteiger partial charge is 0.291 e. The second-order valence-corrected chi connectivity index (χ2v) is 4.97. The van der Waals surface area contributed by atoms with E-state index in [0.29, 0.717) is 11.6 Å². The van der Waals surface area contributed by atoms with Gasteiger partial charge in [-0.1, -0.05) is 43.7 Å². The SMILES string of the molecule is Cc1ccc(C=NNC(=O)c2cc(C(C)C)[nH]n2)cc1. The summed E-state index contributed by atoms with van der Waals surface area (Å²) < 4.78 is 0. The van der Waals surface area contributed by atoms with Crippen molar-refractivity contribution in [2.24, 2.45) is 5.10 Å². The lowest BCUT2D eigenvalue weighted by Gasteiger charge is -1.97. The molecular weight excluding hydrogens is 252 g/mol. The van der Waals surface area contributed by atoms with Crippen molar-refractivity contribution in [3.8, 4) is 0 Å². The quantitative estimate of drug-likeness (QED) is 0.662. The van der Waals surface area contributed by atoms with Crippen LogP contribution in [-0.4, -0.2) is 22.3 Å². The van der Waals surface area contributed by atoms with E-state index < -0.39 is 0 Å². The fraction of sp³-hybridized carbons (Fsp3) is 0.267. The second kappa shape index (κ2) is 6.14. The van der Waals surface area contributed by atoms with Crippen LogP contribution in [0.25, 0.3) is 0 Å². The number of H-pyrrole nitrogens is 1. The summed E-state index contributed by atoms with van der Waals surface area (Å²) in [6.45, 7) is 6.09. The number of hydrogen-bond acceptors (Lipinski definition) is 3. The first-order valence-corrected chi connectivity index (χ1v) is 6.51. The molecule has 104 valence electrons. The van der Waals surface area contributed by atoms with Crippen LogP contribution in [0, 0.1) is 6.92 Å². The van der Waals surface area contributed by atoms with Crippen molar-refractivity contribution in [2.45, 2.75) is 26.7 Å². The number of carbonyl (C=O) groups excluding carboxylic acids is 1. The average molecular weight is 270 g/mol. The predicted octanol–water partition coefficient (Wildman–Crippen LogP) is 2.61. The number of benzene rings is 1. The lowest BCUT2D eigenvalue weighted by atomic mass is 10.1. The van der Waals surface area contributed by atoms with Crippen LogP contribution in [0.1, 0.15) is 47.1 Å². The smallest absolute Gasteiger partial charge is 0.282 e. The van der Waals surface area contributed by atoms with Crippen LogP contribution in [-0.2, 0) is 0 Å². The Balaban J connectivity index is 1.95. The third-order valence-corrected chi connectivity index (χ3v) is 2.91. The van der Waals surface area contributed by atoms with Crippen molar-refractivity contribution in [3.05, 3.63) is 52.8 Å². The summed E-state index contributed by atoms with van der Waals surface area (Å²) in [4.78, 5) is 11.8. The highest BCUT2D eigenvalue weighted by Gasteiger charge is 2.10. The molecule has 5 heteroatoms. The van der Waals surface area contributed by atoms with E-state index in [4.69, 9.17) is 0 Å². The summed E-state index contributed by atoms with van der Waals surface area (Å²) in [5.41, 5.74) is 5.85. The van der Waals surface area contributed by atoms with Gasteiger partial charge in [0.2, 0.25) is 0 Å². The minimum Gasteiger partial charge on any atom is -0.282 e. The van der Waals surface area contributed by atoms with Gasteiger partial charge in [-0.05, 0) is 24.5 Å². The minimum absolute atomic E-state index is 0.306. The van der Waals surface area contributed by atoms with E-state index >= 15 is 0 Å². The van der Waals surface area contributed by atoms with Gasteiger partial charge < -0.3 is 0 Å². The maximum absolute atomic E-state index is 11.8. The van der Waals surface area contributed by atoms with E-state index in [0.717, 1.165) is 11.3 Å². The monoisotopic (exact) mass is 270 g/mol. The number of rotatable bonds is 4. The lowest BCUT2D eigenvalue weighted by molar-refractivity contribution is 0.0950. The zero-order valence-electron chi connectivity index (χ0n) is 11.8. The third kappa shape index (κ3) is 3.54. The van der Waals surface area contributed by atoms with Crippen LogP contribution in [0.3, 0.4) is 0 Å². The maximum Gasteiger partial charge on any atom is 0.291 e. The molecule has 2 N–H and O–H groups in total. The predicted molar refractivity (Wildman–Crippen MR) is 78.9 cm³/mol. The van der Waals surface area contributed by atoms with Crippen molar-refractivity contribution in [1.82, 2.24) is 15.6 Å². The third-order valence-electron chi connectivity index (χ3n) is 2.91. The van der Waals surface area contributed by atoms with E-state index in [2.05, 4.69) is 20.7 Å². The number of hydrazone groups is 1. The molecule has 0 fully saturated rings. The van der Waals surface area contributed by atoms with Gasteiger partial charge in [-0.25, -0.2) is 5.43 Å². The molecule has 2 aromatic rings. The van der Waals surface area contributed by atoms with Gasteiger partial charge in [-0.2, -0.15) is 10.2 Å². The van der Waals surface area contributed by atoms with E-state index in [1.165, 1.54) is 5.56 Å². The Morgan fingerprint density at radius 3 is 2.65 bits per heavy atom. The highest BCUT2D eigenvalue weighted by atomic mass is 16.2. The maximum atomic E-state index is 11.8. The zero-order valence-corrected chi connectivity index (χ0v) is 11.8. The molecule has 1 heterocycles. The molecule has 5 nitrogen and oxygen atoms in total. The molecule has 0 atom stereocenters. The van der Waals surface area contributed by atoms with E-state index in [1.54, 1.807) is 12.3 Å². The summed E-state index contributed by atoms with van der Waals surface area (Å²) in [6.07, 6.45) is 1.60. The summed E-state index contributed by atoms with van der Waals surface area (Å²) in [5, 5.41) is 10.7. The number of amides is 1. The first kappa shape index (κ1) is 14.0. The van der Waals surface area contributed by atoms with Gasteiger partial charge in [0.25, 0.3) is 5.91 Å². The molecule has 1 aromatic heterocycles. The van der Waals surface area contributed by atoms with Crippen molar-refractivity contribution < 1.29 is 4.79 Å². The molecule has 1 amide bonds. The summed E-state index contributed by atoms with van der Waals surface area (Å²) in [5.74, 6) is -0.0170. The minimum atomic E-state index is -0.323. The topological polar surface area (TPSA) is 70.1 Å². The lowest BCUT2D eigenvalue weighted by Crippen LogP contribution is -2.18. The van der Waals surface area contributed by atoms with Gasteiger partial charge in [-0.3, -0.25) is 9.89 Å². The molecule has 0 radical (unpaired) electrons. The van der Waals surface area contributed by atoms with Gasteiger partial charge in [0.15, 0.2) is 5.69 Å². The molecule has 0 bridgehead atoms. The Morgan fingerprint density at radius 2 is 2.05 bits per heavy atom. The molecule has 0 unspecified atom stereocenters. The van der Waals surface area contributed by atoms with Crippen molar-refractivity contribution in [1.29, 1.82) is 0 Å². The Bertz CT molecular complexity index is 611.